The van der Waals surface area contributed by atoms with Crippen LogP contribution in [0.3, 0.4) is 0 Å². The first-order valence-electron chi connectivity index (χ1n) is 5.80. The second-order valence-electron chi connectivity index (χ2n) is 4.03. The average Bonchev–Trinajstić information content (AvgIpc) is 2.38. The van der Waals surface area contributed by atoms with Gasteiger partial charge in [-0.25, -0.2) is 0 Å². The summed E-state index contributed by atoms with van der Waals surface area (Å²) >= 11 is 0. The Morgan fingerprint density at radius 1 is 1.33 bits per heavy atom. The molecular formula is C13H15F2NO2. The number of allylic oxidation sites excluding steroid dienone is 1. The van der Waals surface area contributed by atoms with Gasteiger partial charge in [0, 0.05) is 0 Å². The van der Waals surface area contributed by atoms with Gasteiger partial charge < -0.3 is 15.2 Å². The molecular weight excluding hydrogens is 240 g/mol. The van der Waals surface area contributed by atoms with Crippen LogP contribution in [0.25, 0.3) is 0 Å². The number of ether oxygens (including phenoxy) is 2. The van der Waals surface area contributed by atoms with Crippen molar-refractivity contribution in [2.75, 3.05) is 6.61 Å². The maximum Gasteiger partial charge on any atom is 0.387 e. The van der Waals surface area contributed by atoms with Gasteiger partial charge in [0.15, 0.2) is 0 Å². The molecule has 18 heavy (non-hydrogen) atoms. The van der Waals surface area contributed by atoms with Crippen LogP contribution >= 0.6 is 0 Å². The van der Waals surface area contributed by atoms with Crippen LogP contribution in [-0.2, 0) is 4.74 Å². The molecule has 1 aromatic carbocycles. The Morgan fingerprint density at radius 2 is 2.17 bits per heavy atom. The summed E-state index contributed by atoms with van der Waals surface area (Å²) in [6.45, 7) is -2.19. The smallest absolute Gasteiger partial charge is 0.387 e. The summed E-state index contributed by atoms with van der Waals surface area (Å²) in [7, 11) is 0. The lowest BCUT2D eigenvalue weighted by Crippen LogP contribution is -2.18. The highest BCUT2D eigenvalue weighted by Crippen LogP contribution is 2.26. The Balaban J connectivity index is 2.14. The highest BCUT2D eigenvalue weighted by atomic mass is 19.3. The van der Waals surface area contributed by atoms with Crippen LogP contribution in [0.1, 0.15) is 24.4 Å². The molecule has 0 fully saturated rings. The van der Waals surface area contributed by atoms with E-state index in [1.807, 2.05) is 6.08 Å². The first-order chi connectivity index (χ1) is 8.66. The van der Waals surface area contributed by atoms with E-state index >= 15 is 0 Å². The van der Waals surface area contributed by atoms with E-state index in [9.17, 15) is 8.78 Å². The number of hydrogen-bond donors (Lipinski definition) is 1. The number of hydrogen-bond acceptors (Lipinski definition) is 3. The van der Waals surface area contributed by atoms with Crippen molar-refractivity contribution in [3.8, 4) is 5.75 Å². The number of halogens is 2. The Labute approximate surface area is 104 Å². The van der Waals surface area contributed by atoms with Crippen LogP contribution in [0.5, 0.6) is 5.75 Å². The van der Waals surface area contributed by atoms with E-state index in [-0.39, 0.29) is 5.75 Å². The summed E-state index contributed by atoms with van der Waals surface area (Å²) in [6, 6.07) is 5.94. The van der Waals surface area contributed by atoms with Gasteiger partial charge in [-0.15, -0.1) is 0 Å². The largest absolute Gasteiger partial charge is 0.496 e. The third-order valence-corrected chi connectivity index (χ3v) is 2.71. The van der Waals surface area contributed by atoms with Crippen molar-refractivity contribution in [2.45, 2.75) is 25.5 Å². The summed E-state index contributed by atoms with van der Waals surface area (Å²) in [5, 5.41) is 0. The SMILES string of the molecule is NC(C1=CCCCO1)c1cccc(OC(F)F)c1. The molecule has 0 saturated heterocycles. The van der Waals surface area contributed by atoms with Crippen molar-refractivity contribution in [1.82, 2.24) is 0 Å². The van der Waals surface area contributed by atoms with E-state index < -0.39 is 12.7 Å². The fourth-order valence-corrected chi connectivity index (χ4v) is 1.84. The van der Waals surface area contributed by atoms with Crippen molar-refractivity contribution in [3.63, 3.8) is 0 Å². The third-order valence-electron chi connectivity index (χ3n) is 2.71. The molecule has 1 aromatic rings. The van der Waals surface area contributed by atoms with Gasteiger partial charge in [0.05, 0.1) is 12.6 Å². The van der Waals surface area contributed by atoms with Crippen LogP contribution < -0.4 is 10.5 Å². The summed E-state index contributed by atoms with van der Waals surface area (Å²) < 4.78 is 34.0. The fraction of sp³-hybridized carbons (Fsp3) is 0.385. The van der Waals surface area contributed by atoms with Gasteiger partial charge in [0.25, 0.3) is 0 Å². The molecule has 0 spiro atoms. The molecule has 1 aliphatic heterocycles. The topological polar surface area (TPSA) is 44.5 Å². The van der Waals surface area contributed by atoms with Crippen LogP contribution in [0.2, 0.25) is 0 Å². The Morgan fingerprint density at radius 3 is 2.83 bits per heavy atom. The predicted octanol–water partition coefficient (Wildman–Crippen LogP) is 2.98. The molecule has 0 aliphatic carbocycles. The average molecular weight is 255 g/mol. The molecule has 1 aliphatic rings. The zero-order valence-corrected chi connectivity index (χ0v) is 9.81. The van der Waals surface area contributed by atoms with E-state index in [2.05, 4.69) is 4.74 Å². The molecule has 0 aromatic heterocycles. The van der Waals surface area contributed by atoms with Crippen LogP contribution in [0.4, 0.5) is 8.78 Å². The summed E-state index contributed by atoms with van der Waals surface area (Å²) in [6.07, 6.45) is 3.84. The van der Waals surface area contributed by atoms with Gasteiger partial charge in [0.2, 0.25) is 0 Å². The minimum absolute atomic E-state index is 0.106. The second-order valence-corrected chi connectivity index (χ2v) is 4.03. The molecule has 3 nitrogen and oxygen atoms in total. The predicted molar refractivity (Wildman–Crippen MR) is 63.3 cm³/mol. The Bertz CT molecular complexity index is 435. The number of benzene rings is 1. The van der Waals surface area contributed by atoms with E-state index in [1.54, 1.807) is 12.1 Å². The standard InChI is InChI=1S/C13H15F2NO2/c14-13(15)18-10-5-3-4-9(8-10)12(16)11-6-1-2-7-17-11/h3-6,8,12-13H,1-2,7,16H2. The summed E-state index contributed by atoms with van der Waals surface area (Å²) in [5.41, 5.74) is 6.73. The van der Waals surface area contributed by atoms with E-state index in [1.165, 1.54) is 12.1 Å². The monoisotopic (exact) mass is 255 g/mol. The molecule has 1 heterocycles. The molecule has 0 bridgehead atoms. The Kier molecular flexibility index (Phi) is 4.15. The van der Waals surface area contributed by atoms with Crippen LogP contribution in [0.15, 0.2) is 36.1 Å². The summed E-state index contributed by atoms with van der Waals surface area (Å²) in [5.74, 6) is 0.796. The third kappa shape index (κ3) is 3.20. The minimum atomic E-state index is -2.83. The van der Waals surface area contributed by atoms with Gasteiger partial charge in [-0.1, -0.05) is 12.1 Å². The van der Waals surface area contributed by atoms with Crippen molar-refractivity contribution in [2.24, 2.45) is 5.73 Å². The van der Waals surface area contributed by atoms with Gasteiger partial charge in [-0.2, -0.15) is 8.78 Å². The van der Waals surface area contributed by atoms with E-state index in [0.717, 1.165) is 12.8 Å². The zero-order valence-electron chi connectivity index (χ0n) is 9.81. The number of rotatable bonds is 4. The highest BCUT2D eigenvalue weighted by molar-refractivity contribution is 5.33. The lowest BCUT2D eigenvalue weighted by Gasteiger charge is -2.21. The maximum atomic E-state index is 12.1. The van der Waals surface area contributed by atoms with E-state index in [4.69, 9.17) is 10.5 Å². The molecule has 2 N–H and O–H groups in total. The lowest BCUT2D eigenvalue weighted by atomic mass is 10.0. The molecule has 5 heteroatoms. The second kappa shape index (κ2) is 5.82. The number of nitrogens with two attached hydrogens (primary N) is 1. The van der Waals surface area contributed by atoms with Crippen molar-refractivity contribution in [1.29, 1.82) is 0 Å². The van der Waals surface area contributed by atoms with E-state index in [0.29, 0.717) is 17.9 Å². The first-order valence-corrected chi connectivity index (χ1v) is 5.80. The molecule has 0 amide bonds. The van der Waals surface area contributed by atoms with Crippen LogP contribution in [0, 0.1) is 0 Å². The normalized spacial score (nSPS) is 17.0. The van der Waals surface area contributed by atoms with Gasteiger partial charge >= 0.3 is 6.61 Å². The van der Waals surface area contributed by atoms with Gasteiger partial charge in [0.1, 0.15) is 11.5 Å². The quantitative estimate of drug-likeness (QED) is 0.899. The first kappa shape index (κ1) is 12.8. The van der Waals surface area contributed by atoms with Crippen molar-refractivity contribution in [3.05, 3.63) is 41.7 Å². The molecule has 0 saturated carbocycles. The molecule has 0 radical (unpaired) electrons. The minimum Gasteiger partial charge on any atom is -0.496 e. The molecule has 2 rings (SSSR count). The highest BCUT2D eigenvalue weighted by Gasteiger charge is 2.16. The summed E-state index contributed by atoms with van der Waals surface area (Å²) in [4.78, 5) is 0. The molecule has 1 atom stereocenters. The Hall–Kier alpha value is -1.62. The number of alkyl halides is 2. The zero-order chi connectivity index (χ0) is 13.0. The van der Waals surface area contributed by atoms with Gasteiger partial charge in [-0.3, -0.25) is 0 Å². The van der Waals surface area contributed by atoms with Crippen molar-refractivity contribution < 1.29 is 18.3 Å². The van der Waals surface area contributed by atoms with Crippen molar-refractivity contribution >= 4 is 0 Å². The van der Waals surface area contributed by atoms with Gasteiger partial charge in [-0.05, 0) is 36.6 Å². The lowest BCUT2D eigenvalue weighted by molar-refractivity contribution is -0.0498. The molecule has 1 unspecified atom stereocenters. The fourth-order valence-electron chi connectivity index (χ4n) is 1.84. The molecule has 98 valence electrons. The maximum absolute atomic E-state index is 12.1. The van der Waals surface area contributed by atoms with Crippen LogP contribution in [-0.4, -0.2) is 13.2 Å².